The SMILES string of the molecule is O=C(CN1C(=O)S/C(=C\c2cn(Cc3ccc([N+](=O)[O-])cc3)c3ccccc23)C1=O)c1ccccc1. The van der Waals surface area contributed by atoms with Gasteiger partial charge in [0.2, 0.25) is 0 Å². The van der Waals surface area contributed by atoms with Crippen molar-refractivity contribution in [1.82, 2.24) is 9.47 Å². The molecule has 1 aliphatic rings. The van der Waals surface area contributed by atoms with Crippen molar-refractivity contribution >= 4 is 51.4 Å². The molecule has 0 unspecified atom stereocenters. The number of para-hydroxylation sites is 1. The lowest BCUT2D eigenvalue weighted by Crippen LogP contribution is -2.33. The van der Waals surface area contributed by atoms with Gasteiger partial charge in [-0.3, -0.25) is 29.4 Å². The van der Waals surface area contributed by atoms with Gasteiger partial charge >= 0.3 is 0 Å². The van der Waals surface area contributed by atoms with Gasteiger partial charge in [-0.05, 0) is 29.5 Å². The average molecular weight is 498 g/mol. The molecule has 0 spiro atoms. The molecule has 2 amide bonds. The second-order valence-corrected chi connectivity index (χ2v) is 9.20. The Morgan fingerprint density at radius 3 is 2.36 bits per heavy atom. The fraction of sp³-hybridized carbons (Fsp3) is 0.0741. The van der Waals surface area contributed by atoms with Crippen LogP contribution in [0.3, 0.4) is 0 Å². The lowest BCUT2D eigenvalue weighted by Gasteiger charge is -2.11. The van der Waals surface area contributed by atoms with E-state index in [1.807, 2.05) is 35.0 Å². The van der Waals surface area contributed by atoms with E-state index < -0.39 is 16.1 Å². The number of nitrogens with zero attached hydrogens (tertiary/aromatic N) is 3. The molecule has 36 heavy (non-hydrogen) atoms. The predicted octanol–water partition coefficient (Wildman–Crippen LogP) is 5.52. The summed E-state index contributed by atoms with van der Waals surface area (Å²) in [7, 11) is 0. The van der Waals surface area contributed by atoms with E-state index in [-0.39, 0.29) is 22.9 Å². The number of amides is 2. The van der Waals surface area contributed by atoms with Gasteiger partial charge in [-0.25, -0.2) is 0 Å². The van der Waals surface area contributed by atoms with E-state index in [4.69, 9.17) is 0 Å². The van der Waals surface area contributed by atoms with Gasteiger partial charge in [0, 0.05) is 46.9 Å². The Hall–Kier alpha value is -4.50. The number of hydrogen-bond acceptors (Lipinski definition) is 6. The first-order chi connectivity index (χ1) is 17.4. The maximum atomic E-state index is 13.0. The van der Waals surface area contributed by atoms with Gasteiger partial charge in [-0.1, -0.05) is 60.7 Å². The molecule has 8 nitrogen and oxygen atoms in total. The van der Waals surface area contributed by atoms with Crippen molar-refractivity contribution in [1.29, 1.82) is 0 Å². The van der Waals surface area contributed by atoms with Crippen LogP contribution < -0.4 is 0 Å². The Morgan fingerprint density at radius 1 is 0.944 bits per heavy atom. The summed E-state index contributed by atoms with van der Waals surface area (Å²) in [6, 6.07) is 22.6. The minimum absolute atomic E-state index is 0.0262. The van der Waals surface area contributed by atoms with E-state index >= 15 is 0 Å². The topological polar surface area (TPSA) is 103 Å². The Balaban J connectivity index is 1.41. The molecule has 5 rings (SSSR count). The van der Waals surface area contributed by atoms with E-state index in [1.54, 1.807) is 48.5 Å². The summed E-state index contributed by atoms with van der Waals surface area (Å²) in [6.45, 7) is 0.160. The lowest BCUT2D eigenvalue weighted by molar-refractivity contribution is -0.384. The summed E-state index contributed by atoms with van der Waals surface area (Å²) in [5, 5.41) is 11.3. The van der Waals surface area contributed by atoms with Gasteiger partial charge in [0.25, 0.3) is 16.8 Å². The van der Waals surface area contributed by atoms with Crippen molar-refractivity contribution in [2.75, 3.05) is 6.54 Å². The number of non-ortho nitro benzene ring substituents is 1. The second kappa shape index (κ2) is 9.63. The third-order valence-corrected chi connectivity index (χ3v) is 6.78. The standard InChI is InChI=1S/C27H19N3O5S/c31-24(19-6-2-1-3-7-19)17-29-26(32)25(36-27(29)33)14-20-16-28(23-9-5-4-8-22(20)23)15-18-10-12-21(13-11-18)30(34)35/h1-14,16H,15,17H2/b25-14-. The summed E-state index contributed by atoms with van der Waals surface area (Å²) in [5.74, 6) is -0.805. The fourth-order valence-corrected chi connectivity index (χ4v) is 4.91. The number of aromatic nitrogens is 1. The van der Waals surface area contributed by atoms with E-state index in [0.717, 1.165) is 38.7 Å². The highest BCUT2D eigenvalue weighted by molar-refractivity contribution is 8.18. The second-order valence-electron chi connectivity index (χ2n) is 8.21. The molecule has 1 saturated heterocycles. The van der Waals surface area contributed by atoms with Crippen LogP contribution in [0.15, 0.2) is 90.0 Å². The number of fused-ring (bicyclic) bond motifs is 1. The number of carbonyl (C=O) groups excluding carboxylic acids is 3. The molecule has 0 atom stereocenters. The molecule has 0 N–H and O–H groups in total. The minimum atomic E-state index is -0.499. The molecule has 2 heterocycles. The van der Waals surface area contributed by atoms with Crippen molar-refractivity contribution in [3.63, 3.8) is 0 Å². The quantitative estimate of drug-likeness (QED) is 0.144. The molecule has 0 aliphatic carbocycles. The largest absolute Gasteiger partial charge is 0.342 e. The molecular formula is C27H19N3O5S. The van der Waals surface area contributed by atoms with Crippen molar-refractivity contribution in [2.24, 2.45) is 0 Å². The number of benzene rings is 3. The highest BCUT2D eigenvalue weighted by Crippen LogP contribution is 2.34. The van der Waals surface area contributed by atoms with Crippen LogP contribution in [-0.4, -0.2) is 37.9 Å². The molecule has 0 saturated carbocycles. The van der Waals surface area contributed by atoms with Crippen LogP contribution in [0.5, 0.6) is 0 Å². The summed E-state index contributed by atoms with van der Waals surface area (Å²) in [5.41, 5.74) is 3.02. The van der Waals surface area contributed by atoms with Gasteiger partial charge in [-0.2, -0.15) is 0 Å². The number of thioether (sulfide) groups is 1. The number of nitro groups is 1. The first-order valence-corrected chi connectivity index (χ1v) is 11.9. The molecule has 4 aromatic rings. The highest BCUT2D eigenvalue weighted by Gasteiger charge is 2.36. The zero-order chi connectivity index (χ0) is 25.2. The zero-order valence-electron chi connectivity index (χ0n) is 18.9. The molecule has 0 bridgehead atoms. The van der Waals surface area contributed by atoms with Gasteiger partial charge in [-0.15, -0.1) is 0 Å². The number of rotatable bonds is 7. The number of ketones is 1. The van der Waals surface area contributed by atoms with Crippen LogP contribution >= 0.6 is 11.8 Å². The fourth-order valence-electron chi connectivity index (χ4n) is 4.08. The molecule has 1 aliphatic heterocycles. The Morgan fingerprint density at radius 2 is 1.64 bits per heavy atom. The molecule has 1 fully saturated rings. The summed E-state index contributed by atoms with van der Waals surface area (Å²) >= 11 is 0.813. The average Bonchev–Trinajstić information content (AvgIpc) is 3.36. The van der Waals surface area contributed by atoms with Crippen LogP contribution in [0.25, 0.3) is 17.0 Å². The van der Waals surface area contributed by atoms with Crippen molar-refractivity contribution < 1.29 is 19.3 Å². The highest BCUT2D eigenvalue weighted by atomic mass is 32.2. The number of Topliss-reactive ketones (excluding diaryl/α,β-unsaturated/α-hetero) is 1. The number of imide groups is 1. The van der Waals surface area contributed by atoms with Crippen LogP contribution in [0, 0.1) is 10.1 Å². The number of hydrogen-bond donors (Lipinski definition) is 0. The van der Waals surface area contributed by atoms with Crippen LogP contribution in [0.1, 0.15) is 21.5 Å². The van der Waals surface area contributed by atoms with Gasteiger partial charge in [0.05, 0.1) is 16.4 Å². The summed E-state index contributed by atoms with van der Waals surface area (Å²) < 4.78 is 1.99. The van der Waals surface area contributed by atoms with E-state index in [9.17, 15) is 24.5 Å². The molecule has 3 aromatic carbocycles. The van der Waals surface area contributed by atoms with Gasteiger partial charge in [0.1, 0.15) is 0 Å². The smallest absolute Gasteiger partial charge is 0.293 e. The zero-order valence-corrected chi connectivity index (χ0v) is 19.7. The normalized spacial score (nSPS) is 14.7. The third-order valence-electron chi connectivity index (χ3n) is 5.88. The maximum absolute atomic E-state index is 13.0. The maximum Gasteiger partial charge on any atom is 0.293 e. The third kappa shape index (κ3) is 4.56. The molecular weight excluding hydrogens is 478 g/mol. The first kappa shape index (κ1) is 23.3. The van der Waals surface area contributed by atoms with Crippen molar-refractivity contribution in [2.45, 2.75) is 6.54 Å². The summed E-state index contributed by atoms with van der Waals surface area (Å²) in [6.07, 6.45) is 3.56. The molecule has 0 radical (unpaired) electrons. The van der Waals surface area contributed by atoms with E-state index in [1.165, 1.54) is 12.1 Å². The Labute approximate surface area is 210 Å². The van der Waals surface area contributed by atoms with Crippen molar-refractivity contribution in [3.05, 3.63) is 117 Å². The monoisotopic (exact) mass is 497 g/mol. The van der Waals surface area contributed by atoms with Gasteiger partial charge < -0.3 is 4.57 Å². The van der Waals surface area contributed by atoms with Crippen LogP contribution in [-0.2, 0) is 11.3 Å². The minimum Gasteiger partial charge on any atom is -0.342 e. The van der Waals surface area contributed by atoms with Gasteiger partial charge in [0.15, 0.2) is 5.78 Å². The van der Waals surface area contributed by atoms with E-state index in [0.29, 0.717) is 12.1 Å². The number of nitro benzene ring substituents is 1. The lowest BCUT2D eigenvalue weighted by atomic mass is 10.1. The number of carbonyl (C=O) groups is 3. The Kier molecular flexibility index (Phi) is 6.22. The summed E-state index contributed by atoms with van der Waals surface area (Å²) in [4.78, 5) is 49.8. The molecule has 1 aromatic heterocycles. The van der Waals surface area contributed by atoms with Crippen molar-refractivity contribution in [3.8, 4) is 0 Å². The molecule has 9 heteroatoms. The first-order valence-electron chi connectivity index (χ1n) is 11.1. The van der Waals surface area contributed by atoms with E-state index in [2.05, 4.69) is 0 Å². The Bertz CT molecular complexity index is 1540. The van der Waals surface area contributed by atoms with Crippen LogP contribution in [0.2, 0.25) is 0 Å². The van der Waals surface area contributed by atoms with Crippen LogP contribution in [0.4, 0.5) is 10.5 Å². The predicted molar refractivity (Wildman–Crippen MR) is 138 cm³/mol. The molecule has 178 valence electrons.